The SMILES string of the molecule is C/C=C/COc1cc(C)c(O)c(C)c1.CC. The van der Waals surface area contributed by atoms with Gasteiger partial charge in [-0.05, 0) is 44.0 Å². The molecule has 0 aliphatic carbocycles. The summed E-state index contributed by atoms with van der Waals surface area (Å²) < 4.78 is 5.47. The lowest BCUT2D eigenvalue weighted by Gasteiger charge is -2.08. The molecule has 0 radical (unpaired) electrons. The summed E-state index contributed by atoms with van der Waals surface area (Å²) in [6, 6.07) is 3.68. The third-order valence-electron chi connectivity index (χ3n) is 2.05. The molecule has 0 spiro atoms. The molecule has 0 aliphatic rings. The molecule has 0 bridgehead atoms. The number of phenols is 1. The molecule has 0 saturated carbocycles. The molecule has 2 nitrogen and oxygen atoms in total. The lowest BCUT2D eigenvalue weighted by atomic mass is 10.1. The van der Waals surface area contributed by atoms with Gasteiger partial charge in [0.2, 0.25) is 0 Å². The Bertz CT molecular complexity index is 318. The van der Waals surface area contributed by atoms with Gasteiger partial charge in [-0.1, -0.05) is 26.0 Å². The second-order valence-electron chi connectivity index (χ2n) is 3.29. The largest absolute Gasteiger partial charge is 0.507 e. The van der Waals surface area contributed by atoms with Crippen LogP contribution in [0.3, 0.4) is 0 Å². The molecule has 0 amide bonds. The highest BCUT2D eigenvalue weighted by atomic mass is 16.5. The van der Waals surface area contributed by atoms with Gasteiger partial charge >= 0.3 is 0 Å². The van der Waals surface area contributed by atoms with E-state index in [0.717, 1.165) is 16.9 Å². The smallest absolute Gasteiger partial charge is 0.121 e. The molecule has 0 unspecified atom stereocenters. The zero-order valence-electron chi connectivity index (χ0n) is 10.9. The van der Waals surface area contributed by atoms with E-state index in [4.69, 9.17) is 4.74 Å². The average molecular weight is 222 g/mol. The van der Waals surface area contributed by atoms with Crippen LogP contribution in [0.5, 0.6) is 11.5 Å². The number of ether oxygens (including phenoxy) is 1. The number of benzene rings is 1. The third-order valence-corrected chi connectivity index (χ3v) is 2.05. The number of hydrogen-bond donors (Lipinski definition) is 1. The number of aryl methyl sites for hydroxylation is 2. The second-order valence-corrected chi connectivity index (χ2v) is 3.29. The van der Waals surface area contributed by atoms with Crippen molar-refractivity contribution >= 4 is 0 Å². The van der Waals surface area contributed by atoms with Crippen LogP contribution in [0, 0.1) is 13.8 Å². The maximum Gasteiger partial charge on any atom is 0.121 e. The van der Waals surface area contributed by atoms with E-state index >= 15 is 0 Å². The Balaban J connectivity index is 0.00000106. The molecule has 0 atom stereocenters. The first-order valence-electron chi connectivity index (χ1n) is 5.69. The zero-order chi connectivity index (χ0) is 12.6. The first kappa shape index (κ1) is 14.6. The zero-order valence-corrected chi connectivity index (χ0v) is 10.9. The fraction of sp³-hybridized carbons (Fsp3) is 0.429. The van der Waals surface area contributed by atoms with Gasteiger partial charge in [0.15, 0.2) is 0 Å². The van der Waals surface area contributed by atoms with E-state index in [1.54, 1.807) is 0 Å². The summed E-state index contributed by atoms with van der Waals surface area (Å²) in [7, 11) is 0. The molecular weight excluding hydrogens is 200 g/mol. The van der Waals surface area contributed by atoms with Crippen LogP contribution in [-0.2, 0) is 0 Å². The van der Waals surface area contributed by atoms with Crippen LogP contribution in [0.1, 0.15) is 31.9 Å². The van der Waals surface area contributed by atoms with Crippen LogP contribution < -0.4 is 4.74 Å². The predicted octanol–water partition coefficient (Wildman–Crippen LogP) is 3.99. The fourth-order valence-corrected chi connectivity index (χ4v) is 1.24. The van der Waals surface area contributed by atoms with Crippen molar-refractivity contribution < 1.29 is 9.84 Å². The van der Waals surface area contributed by atoms with Gasteiger partial charge in [-0.25, -0.2) is 0 Å². The van der Waals surface area contributed by atoms with Crippen molar-refractivity contribution in [2.45, 2.75) is 34.6 Å². The first-order valence-corrected chi connectivity index (χ1v) is 5.69. The van der Waals surface area contributed by atoms with E-state index < -0.39 is 0 Å². The van der Waals surface area contributed by atoms with Crippen LogP contribution >= 0.6 is 0 Å². The molecule has 0 saturated heterocycles. The Kier molecular flexibility index (Phi) is 7.10. The van der Waals surface area contributed by atoms with Crippen molar-refractivity contribution in [3.8, 4) is 11.5 Å². The van der Waals surface area contributed by atoms with Crippen LogP contribution in [0.25, 0.3) is 0 Å². The van der Waals surface area contributed by atoms with Crippen molar-refractivity contribution in [2.75, 3.05) is 6.61 Å². The molecule has 0 fully saturated rings. The number of phenolic OH excluding ortho intramolecular Hbond substituents is 1. The summed E-state index contributed by atoms with van der Waals surface area (Å²) in [5, 5.41) is 9.53. The monoisotopic (exact) mass is 222 g/mol. The minimum absolute atomic E-state index is 0.350. The highest BCUT2D eigenvalue weighted by molar-refractivity contribution is 5.44. The molecule has 16 heavy (non-hydrogen) atoms. The summed E-state index contributed by atoms with van der Waals surface area (Å²) in [6.07, 6.45) is 3.89. The highest BCUT2D eigenvalue weighted by Crippen LogP contribution is 2.26. The summed E-state index contributed by atoms with van der Waals surface area (Å²) in [6.45, 7) is 10.3. The molecule has 1 N–H and O–H groups in total. The van der Waals surface area contributed by atoms with Gasteiger partial charge in [-0.3, -0.25) is 0 Å². The quantitative estimate of drug-likeness (QED) is 0.783. The van der Waals surface area contributed by atoms with Crippen molar-refractivity contribution in [2.24, 2.45) is 0 Å². The van der Waals surface area contributed by atoms with E-state index in [9.17, 15) is 5.11 Å². The molecule has 90 valence electrons. The Morgan fingerprint density at radius 1 is 1.19 bits per heavy atom. The van der Waals surface area contributed by atoms with Gasteiger partial charge in [0.1, 0.15) is 18.1 Å². The van der Waals surface area contributed by atoms with Crippen LogP contribution in [0.4, 0.5) is 0 Å². The number of aromatic hydroxyl groups is 1. The Morgan fingerprint density at radius 2 is 1.69 bits per heavy atom. The van der Waals surface area contributed by atoms with Crippen LogP contribution in [0.2, 0.25) is 0 Å². The Labute approximate surface area is 98.6 Å². The number of allylic oxidation sites excluding steroid dienone is 1. The van der Waals surface area contributed by atoms with Crippen molar-refractivity contribution in [1.82, 2.24) is 0 Å². The van der Waals surface area contributed by atoms with Gasteiger partial charge in [0, 0.05) is 0 Å². The molecule has 0 aliphatic heterocycles. The van der Waals surface area contributed by atoms with Gasteiger partial charge < -0.3 is 9.84 Å². The Morgan fingerprint density at radius 3 is 2.12 bits per heavy atom. The van der Waals surface area contributed by atoms with E-state index in [-0.39, 0.29) is 0 Å². The molecule has 1 aromatic rings. The van der Waals surface area contributed by atoms with Crippen molar-refractivity contribution in [3.05, 3.63) is 35.4 Å². The lowest BCUT2D eigenvalue weighted by Crippen LogP contribution is -1.94. The minimum Gasteiger partial charge on any atom is -0.507 e. The standard InChI is InChI=1S/C12H16O2.C2H6/c1-4-5-6-14-11-7-9(2)12(13)10(3)8-11;1-2/h4-5,7-8,13H,6H2,1-3H3;1-2H3/b5-4+;. The van der Waals surface area contributed by atoms with Gasteiger partial charge in [0.25, 0.3) is 0 Å². The molecule has 2 heteroatoms. The fourth-order valence-electron chi connectivity index (χ4n) is 1.24. The number of hydrogen-bond acceptors (Lipinski definition) is 2. The van der Waals surface area contributed by atoms with E-state index in [0.29, 0.717) is 12.4 Å². The molecule has 0 aromatic heterocycles. The topological polar surface area (TPSA) is 29.5 Å². The molecule has 1 aromatic carbocycles. The van der Waals surface area contributed by atoms with Gasteiger partial charge in [-0.15, -0.1) is 0 Å². The predicted molar refractivity (Wildman–Crippen MR) is 69.2 cm³/mol. The van der Waals surface area contributed by atoms with Crippen molar-refractivity contribution in [3.63, 3.8) is 0 Å². The van der Waals surface area contributed by atoms with E-state index in [1.807, 2.05) is 58.9 Å². The lowest BCUT2D eigenvalue weighted by molar-refractivity contribution is 0.360. The molecule has 1 rings (SSSR count). The first-order chi connectivity index (χ1) is 7.65. The summed E-state index contributed by atoms with van der Waals surface area (Å²) in [5.41, 5.74) is 1.70. The van der Waals surface area contributed by atoms with Crippen LogP contribution in [0.15, 0.2) is 24.3 Å². The minimum atomic E-state index is 0.350. The highest BCUT2D eigenvalue weighted by Gasteiger charge is 2.03. The molecular formula is C14H22O2. The summed E-state index contributed by atoms with van der Waals surface area (Å²) in [4.78, 5) is 0. The van der Waals surface area contributed by atoms with Gasteiger partial charge in [0.05, 0.1) is 0 Å². The molecule has 0 heterocycles. The maximum atomic E-state index is 9.53. The Hall–Kier alpha value is -1.44. The summed E-state index contributed by atoms with van der Waals surface area (Å²) >= 11 is 0. The second kappa shape index (κ2) is 7.80. The third kappa shape index (κ3) is 4.39. The van der Waals surface area contributed by atoms with Crippen LogP contribution in [-0.4, -0.2) is 11.7 Å². The normalized spacial score (nSPS) is 9.81. The van der Waals surface area contributed by atoms with Gasteiger partial charge in [-0.2, -0.15) is 0 Å². The van der Waals surface area contributed by atoms with Crippen molar-refractivity contribution in [1.29, 1.82) is 0 Å². The van der Waals surface area contributed by atoms with E-state index in [2.05, 4.69) is 0 Å². The average Bonchev–Trinajstić information content (AvgIpc) is 2.29. The maximum absolute atomic E-state index is 9.53. The van der Waals surface area contributed by atoms with E-state index in [1.165, 1.54) is 0 Å². The summed E-state index contributed by atoms with van der Waals surface area (Å²) in [5.74, 6) is 1.15. The number of rotatable bonds is 3.